The van der Waals surface area contributed by atoms with Crippen LogP contribution in [-0.2, 0) is 0 Å². The van der Waals surface area contributed by atoms with Gasteiger partial charge >= 0.3 is 6.01 Å². The minimum Gasteiger partial charge on any atom is -0.408 e. The number of amides is 1. The molecule has 7 nitrogen and oxygen atoms in total. The Morgan fingerprint density at radius 1 is 1.24 bits per heavy atom. The van der Waals surface area contributed by atoms with Gasteiger partial charge in [0.2, 0.25) is 5.89 Å². The first kappa shape index (κ1) is 15.6. The second-order valence-corrected chi connectivity index (χ2v) is 6.44. The molecule has 3 heterocycles. The number of aromatic nitrogens is 3. The first-order chi connectivity index (χ1) is 12.1. The van der Waals surface area contributed by atoms with Gasteiger partial charge in [-0.25, -0.2) is 0 Å². The zero-order chi connectivity index (χ0) is 17.4. The largest absolute Gasteiger partial charge is 0.408 e. The van der Waals surface area contributed by atoms with Crippen molar-refractivity contribution < 1.29 is 9.21 Å². The maximum Gasteiger partial charge on any atom is 0.315 e. The first-order valence-electron chi connectivity index (χ1n) is 8.29. The maximum absolute atomic E-state index is 12.6. The van der Waals surface area contributed by atoms with Gasteiger partial charge in [-0.15, -0.1) is 5.10 Å². The first-order valence-corrected chi connectivity index (χ1v) is 8.29. The predicted octanol–water partition coefficient (Wildman–Crippen LogP) is 2.42. The third kappa shape index (κ3) is 3.17. The van der Waals surface area contributed by atoms with Crippen molar-refractivity contribution in [2.75, 3.05) is 25.0 Å². The van der Waals surface area contributed by atoms with Gasteiger partial charge in [-0.2, -0.15) is 0 Å². The van der Waals surface area contributed by atoms with Crippen LogP contribution in [0.3, 0.4) is 0 Å². The Bertz CT molecular complexity index is 930. The molecule has 1 amide bonds. The number of hydrogen-bond acceptors (Lipinski definition) is 6. The van der Waals surface area contributed by atoms with E-state index in [1.165, 1.54) is 0 Å². The fraction of sp³-hybridized carbons (Fsp3) is 0.333. The highest BCUT2D eigenvalue weighted by atomic mass is 16.4. The summed E-state index contributed by atoms with van der Waals surface area (Å²) in [6.45, 7) is 5.88. The fourth-order valence-corrected chi connectivity index (χ4v) is 3.01. The van der Waals surface area contributed by atoms with Gasteiger partial charge in [0.1, 0.15) is 0 Å². The number of likely N-dealkylation sites (tertiary alicyclic amines) is 1. The highest BCUT2D eigenvalue weighted by Crippen LogP contribution is 2.21. The molecule has 1 fully saturated rings. The normalized spacial score (nSPS) is 14.6. The lowest BCUT2D eigenvalue weighted by atomic mass is 9.98. The Labute approximate surface area is 145 Å². The molecule has 0 atom stereocenters. The number of benzene rings is 1. The minimum atomic E-state index is 0.0624. The monoisotopic (exact) mass is 337 g/mol. The second-order valence-electron chi connectivity index (χ2n) is 6.44. The van der Waals surface area contributed by atoms with E-state index in [1.807, 2.05) is 42.2 Å². The summed E-state index contributed by atoms with van der Waals surface area (Å²) in [5.74, 6) is 0.988. The summed E-state index contributed by atoms with van der Waals surface area (Å²) >= 11 is 0. The topological polar surface area (TPSA) is 84.2 Å². The molecule has 0 radical (unpaired) electrons. The van der Waals surface area contributed by atoms with Crippen LogP contribution in [0.1, 0.15) is 21.9 Å². The molecule has 4 rings (SSSR count). The Morgan fingerprint density at radius 2 is 2.08 bits per heavy atom. The number of fused-ring (bicyclic) bond motifs is 1. The molecule has 1 saturated heterocycles. The van der Waals surface area contributed by atoms with Crippen LogP contribution < -0.4 is 5.32 Å². The average molecular weight is 337 g/mol. The standard InChI is InChI=1S/C18H19N5O2/c1-11-3-4-14-7-15(5-6-16(14)20-11)17(24)23-9-13(10-23)8-19-18-22-21-12(2)25-18/h3-7,13H,8-10H2,1-2H3,(H,19,22). The van der Waals surface area contributed by atoms with Gasteiger partial charge in [0.05, 0.1) is 5.52 Å². The third-order valence-corrected chi connectivity index (χ3v) is 4.39. The molecule has 1 aliphatic rings. The van der Waals surface area contributed by atoms with E-state index in [0.717, 1.165) is 29.7 Å². The van der Waals surface area contributed by atoms with Crippen molar-refractivity contribution in [1.82, 2.24) is 20.1 Å². The molecule has 2 aromatic heterocycles. The van der Waals surface area contributed by atoms with E-state index in [4.69, 9.17) is 4.42 Å². The van der Waals surface area contributed by atoms with Crippen molar-refractivity contribution in [3.05, 3.63) is 47.5 Å². The SMILES string of the molecule is Cc1ccc2cc(C(=O)N3CC(CNc4nnc(C)o4)C3)ccc2n1. The van der Waals surface area contributed by atoms with Gasteiger partial charge in [0.25, 0.3) is 5.91 Å². The van der Waals surface area contributed by atoms with E-state index in [1.54, 1.807) is 6.92 Å². The van der Waals surface area contributed by atoms with Gasteiger partial charge in [0.15, 0.2) is 0 Å². The van der Waals surface area contributed by atoms with Crippen molar-refractivity contribution in [2.45, 2.75) is 13.8 Å². The summed E-state index contributed by atoms with van der Waals surface area (Å²) in [6, 6.07) is 10.1. The number of nitrogens with one attached hydrogen (secondary N) is 1. The van der Waals surface area contributed by atoms with Crippen LogP contribution in [0.25, 0.3) is 10.9 Å². The van der Waals surface area contributed by atoms with E-state index in [2.05, 4.69) is 20.5 Å². The van der Waals surface area contributed by atoms with Gasteiger partial charge < -0.3 is 14.6 Å². The molecule has 0 saturated carbocycles. The molecular weight excluding hydrogens is 318 g/mol. The maximum atomic E-state index is 12.6. The zero-order valence-electron chi connectivity index (χ0n) is 14.2. The van der Waals surface area contributed by atoms with E-state index in [-0.39, 0.29) is 5.91 Å². The number of pyridine rings is 1. The summed E-state index contributed by atoms with van der Waals surface area (Å²) in [6.07, 6.45) is 0. The summed E-state index contributed by atoms with van der Waals surface area (Å²) in [5.41, 5.74) is 2.59. The van der Waals surface area contributed by atoms with E-state index in [0.29, 0.717) is 29.9 Å². The lowest BCUT2D eigenvalue weighted by Gasteiger charge is -2.39. The van der Waals surface area contributed by atoms with Gasteiger partial charge in [-0.3, -0.25) is 9.78 Å². The summed E-state index contributed by atoms with van der Waals surface area (Å²) in [4.78, 5) is 18.9. The number of nitrogens with zero attached hydrogens (tertiary/aromatic N) is 4. The van der Waals surface area contributed by atoms with Crippen molar-refractivity contribution >= 4 is 22.8 Å². The number of aryl methyl sites for hydroxylation is 2. The predicted molar refractivity (Wildman–Crippen MR) is 93.4 cm³/mol. The lowest BCUT2D eigenvalue weighted by molar-refractivity contribution is 0.0521. The molecule has 0 bridgehead atoms. The van der Waals surface area contributed by atoms with Crippen molar-refractivity contribution in [3.8, 4) is 0 Å². The van der Waals surface area contributed by atoms with Crippen LogP contribution in [0.5, 0.6) is 0 Å². The molecule has 7 heteroatoms. The average Bonchev–Trinajstić information content (AvgIpc) is 2.98. The van der Waals surface area contributed by atoms with E-state index in [9.17, 15) is 4.79 Å². The van der Waals surface area contributed by atoms with E-state index < -0.39 is 0 Å². The smallest absolute Gasteiger partial charge is 0.315 e. The molecule has 0 spiro atoms. The Hall–Kier alpha value is -2.96. The molecule has 128 valence electrons. The number of rotatable bonds is 4. The van der Waals surface area contributed by atoms with Crippen molar-refractivity contribution in [1.29, 1.82) is 0 Å². The van der Waals surface area contributed by atoms with Crippen molar-refractivity contribution in [3.63, 3.8) is 0 Å². The molecule has 1 aromatic carbocycles. The van der Waals surface area contributed by atoms with E-state index >= 15 is 0 Å². The van der Waals surface area contributed by atoms with Crippen LogP contribution >= 0.6 is 0 Å². The van der Waals surface area contributed by atoms with Crippen molar-refractivity contribution in [2.24, 2.45) is 5.92 Å². The lowest BCUT2D eigenvalue weighted by Crippen LogP contribution is -2.52. The van der Waals surface area contributed by atoms with Crippen LogP contribution in [0.4, 0.5) is 6.01 Å². The van der Waals surface area contributed by atoms with Gasteiger partial charge in [0, 0.05) is 49.1 Å². The summed E-state index contributed by atoms with van der Waals surface area (Å²) in [7, 11) is 0. The summed E-state index contributed by atoms with van der Waals surface area (Å²) in [5, 5.41) is 11.8. The van der Waals surface area contributed by atoms with Crippen LogP contribution in [0.2, 0.25) is 0 Å². The van der Waals surface area contributed by atoms with Crippen LogP contribution in [0, 0.1) is 19.8 Å². The number of carbonyl (C=O) groups is 1. The van der Waals surface area contributed by atoms with Gasteiger partial charge in [-0.1, -0.05) is 11.2 Å². The zero-order valence-corrected chi connectivity index (χ0v) is 14.2. The number of hydrogen-bond donors (Lipinski definition) is 1. The van der Waals surface area contributed by atoms with Crippen LogP contribution in [0.15, 0.2) is 34.7 Å². The number of carbonyl (C=O) groups excluding carboxylic acids is 1. The third-order valence-electron chi connectivity index (χ3n) is 4.39. The highest BCUT2D eigenvalue weighted by Gasteiger charge is 2.31. The molecule has 0 unspecified atom stereocenters. The fourth-order valence-electron chi connectivity index (χ4n) is 3.01. The molecular formula is C18H19N5O2. The molecule has 25 heavy (non-hydrogen) atoms. The quantitative estimate of drug-likeness (QED) is 0.787. The Balaban J connectivity index is 1.35. The number of anilines is 1. The molecule has 1 aliphatic heterocycles. The highest BCUT2D eigenvalue weighted by molar-refractivity contribution is 5.98. The molecule has 1 N–H and O–H groups in total. The Kier molecular flexibility index (Phi) is 3.83. The molecule has 0 aliphatic carbocycles. The molecule has 3 aromatic rings. The van der Waals surface area contributed by atoms with Gasteiger partial charge in [-0.05, 0) is 31.2 Å². The minimum absolute atomic E-state index is 0.0624. The summed E-state index contributed by atoms with van der Waals surface area (Å²) < 4.78 is 5.28. The second kappa shape index (κ2) is 6.16. The Morgan fingerprint density at radius 3 is 2.84 bits per heavy atom. The van der Waals surface area contributed by atoms with Crippen LogP contribution in [-0.4, -0.2) is 45.6 Å².